The third kappa shape index (κ3) is 187. The molecule has 0 heterocycles. The fourth-order valence-corrected chi connectivity index (χ4v) is 0. The summed E-state index contributed by atoms with van der Waals surface area (Å²) in [4.78, 5) is 0. The fraction of sp³-hybridized carbons (Fsp3) is 0. The predicted octanol–water partition coefficient (Wildman–Crippen LogP) is -2.03. The summed E-state index contributed by atoms with van der Waals surface area (Å²) >= 11 is -1.88. The van der Waals surface area contributed by atoms with Gasteiger partial charge in [-0.3, -0.25) is 0 Å². The Hall–Kier alpha value is 2.12. The maximum absolute atomic E-state index is 8.42. The van der Waals surface area contributed by atoms with Crippen molar-refractivity contribution in [2.24, 2.45) is 0 Å². The standard InChI is InChI=1S/3Ni.3H2O.3O.Pr/h;;;3*1H2;;;;/q;;;;;;;;;+3/p-3. The van der Waals surface area contributed by atoms with E-state index in [0.29, 0.717) is 0 Å². The molecule has 0 unspecified atom stereocenters. The van der Waals surface area contributed by atoms with Crippen molar-refractivity contribution >= 4 is 0 Å². The molecule has 3 N–H and O–H groups in total. The number of rotatable bonds is 0. The molecule has 72 valence electrons. The molecule has 0 aliphatic rings. The van der Waals surface area contributed by atoms with Crippen molar-refractivity contribution in [3.05, 3.63) is 0 Å². The molecule has 6 nitrogen and oxygen atoms in total. The van der Waals surface area contributed by atoms with Gasteiger partial charge in [0.05, 0.1) is 0 Å². The van der Waals surface area contributed by atoms with Gasteiger partial charge in [-0.15, -0.1) is 0 Å². The normalized spacial score (nSPS) is 6.30. The van der Waals surface area contributed by atoms with Crippen LogP contribution in [0.25, 0.3) is 0 Å². The summed E-state index contributed by atoms with van der Waals surface area (Å²) in [6.45, 7) is 0. The van der Waals surface area contributed by atoms with Crippen LogP contribution in [0.4, 0.5) is 0 Å². The van der Waals surface area contributed by atoms with Crippen LogP contribution in [0.3, 0.4) is 0 Å². The zero-order chi connectivity index (χ0) is 8.12. The summed E-state index contributed by atoms with van der Waals surface area (Å²) in [6.07, 6.45) is 0. The molecule has 10 heavy (non-hydrogen) atoms. The molecule has 0 radical (unpaired) electrons. The van der Waals surface area contributed by atoms with Crippen molar-refractivity contribution in [2.75, 3.05) is 0 Å². The molecule has 0 aromatic heterocycles. The van der Waals surface area contributed by atoms with Crippen LogP contribution in [0.15, 0.2) is 0 Å². The summed E-state index contributed by atoms with van der Waals surface area (Å²) in [5.74, 6) is 0. The van der Waals surface area contributed by atoms with Crippen molar-refractivity contribution < 1.29 is 110 Å². The smallest absolute Gasteiger partial charge is 3.00 e. The van der Waals surface area contributed by atoms with Crippen molar-refractivity contribution in [1.29, 1.82) is 0 Å². The average molecular weight is 416 g/mol. The molecule has 0 atom stereocenters. The average Bonchev–Trinajstić information content (AvgIpc) is 1.70. The Kier molecular flexibility index (Phi) is 98.7. The van der Waals surface area contributed by atoms with E-state index < -0.39 is 44.1 Å². The Morgan fingerprint density at radius 1 is 0.700 bits per heavy atom. The Morgan fingerprint density at radius 2 is 0.700 bits per heavy atom. The van der Waals surface area contributed by atoms with E-state index in [1.165, 1.54) is 0 Å². The number of hydrogen-bond donors (Lipinski definition) is 3. The molecule has 0 rings (SSSR count). The molecule has 0 amide bonds. The van der Waals surface area contributed by atoms with E-state index in [0.717, 1.165) is 0 Å². The van der Waals surface area contributed by atoms with Crippen molar-refractivity contribution in [3.8, 4) is 0 Å². The Labute approximate surface area is 108 Å². The van der Waals surface area contributed by atoms with Crippen LogP contribution in [-0.2, 0) is 55.8 Å². The van der Waals surface area contributed by atoms with E-state index >= 15 is 0 Å². The first kappa shape index (κ1) is 22.7. The van der Waals surface area contributed by atoms with E-state index in [1.54, 1.807) is 0 Å². The van der Waals surface area contributed by atoms with Crippen molar-refractivity contribution in [2.45, 2.75) is 0 Å². The molecule has 0 saturated heterocycles. The van der Waals surface area contributed by atoms with Gasteiger partial charge >= 0.3 is 110 Å². The topological polar surface area (TPSA) is 112 Å². The minimum absolute atomic E-state index is 0. The second-order valence-electron chi connectivity index (χ2n) is 0.173. The van der Waals surface area contributed by atoms with Gasteiger partial charge in [-0.2, -0.15) is 0 Å². The Morgan fingerprint density at radius 3 is 0.700 bits per heavy atom. The summed E-state index contributed by atoms with van der Waals surface area (Å²) in [7, 11) is 0. The first-order valence-electron chi connectivity index (χ1n) is 0.812. The Bertz CT molecular complexity index is 49.7. The maximum atomic E-state index is 8.42. The van der Waals surface area contributed by atoms with Gasteiger partial charge in [-0.05, 0) is 0 Å². The first-order valence-corrected chi connectivity index (χ1v) is 3.35. The minimum atomic E-state index is -0.625. The summed E-state index contributed by atoms with van der Waals surface area (Å²) in [6, 6.07) is 0. The van der Waals surface area contributed by atoms with Crippen LogP contribution in [0.5, 0.6) is 0 Å². The van der Waals surface area contributed by atoms with Crippen LogP contribution in [0.1, 0.15) is 0 Å². The molecule has 10 heteroatoms. The van der Waals surface area contributed by atoms with Crippen molar-refractivity contribution in [3.63, 3.8) is 0 Å². The van der Waals surface area contributed by atoms with Gasteiger partial charge < -0.3 is 0 Å². The first-order chi connectivity index (χ1) is 4.24. The molecule has 0 spiro atoms. The van der Waals surface area contributed by atoms with Crippen LogP contribution < -0.4 is 0 Å². The van der Waals surface area contributed by atoms with Crippen molar-refractivity contribution in [1.82, 2.24) is 0 Å². The van der Waals surface area contributed by atoms with Gasteiger partial charge in [0.1, 0.15) is 0 Å². The van der Waals surface area contributed by atoms with Gasteiger partial charge in [0.2, 0.25) is 0 Å². The van der Waals surface area contributed by atoms with E-state index in [4.69, 9.17) is 24.4 Å². The molecule has 0 aromatic carbocycles. The monoisotopic (exact) mass is 414 g/mol. The van der Waals surface area contributed by atoms with E-state index in [1.807, 2.05) is 0 Å². The zero-order valence-electron chi connectivity index (χ0n) is 4.09. The second kappa shape index (κ2) is 43.4. The van der Waals surface area contributed by atoms with Gasteiger partial charge in [0.25, 0.3) is 0 Å². The third-order valence-electron chi connectivity index (χ3n) is 0. The van der Waals surface area contributed by atoms with E-state index in [2.05, 4.69) is 0 Å². The zero-order valence-corrected chi connectivity index (χ0v) is 10.8. The molecular weight excluding hydrogens is 413 g/mol. The molecule has 0 saturated carbocycles. The molecule has 0 aliphatic carbocycles. The summed E-state index contributed by atoms with van der Waals surface area (Å²) in [5.41, 5.74) is 0. The van der Waals surface area contributed by atoms with Crippen LogP contribution in [0.2, 0.25) is 0 Å². The Balaban J connectivity index is -0.0000000257. The van der Waals surface area contributed by atoms with Gasteiger partial charge in [0, 0.05) is 0 Å². The van der Waals surface area contributed by atoms with Gasteiger partial charge in [-0.1, -0.05) is 0 Å². The molecule has 0 aliphatic heterocycles. The molecular formula is H3Ni3O6Pr. The van der Waals surface area contributed by atoms with Gasteiger partial charge in [-0.25, -0.2) is 0 Å². The molecule has 0 aromatic rings. The SMILES string of the molecule is [O]=[Ni-][OH].[O]=[Ni-][OH].[O]=[Ni-][OH].[Pr+3]. The second-order valence-corrected chi connectivity index (χ2v) is 0.714. The summed E-state index contributed by atoms with van der Waals surface area (Å²) in [5, 5.41) is 0. The van der Waals surface area contributed by atoms with E-state index in [-0.39, 0.29) is 41.3 Å². The van der Waals surface area contributed by atoms with E-state index in [9.17, 15) is 0 Å². The van der Waals surface area contributed by atoms with Crippen LogP contribution in [0, 0.1) is 41.3 Å². The maximum Gasteiger partial charge on any atom is 3.00 e. The quantitative estimate of drug-likeness (QED) is 0.393. The van der Waals surface area contributed by atoms with Crippen LogP contribution in [-0.4, -0.2) is 12.7 Å². The number of hydrogen-bond acceptors (Lipinski definition) is 3. The largest absolute Gasteiger partial charge is 3.00 e. The fourth-order valence-electron chi connectivity index (χ4n) is 0. The van der Waals surface area contributed by atoms with Crippen LogP contribution >= 0.6 is 0 Å². The summed E-state index contributed by atoms with van der Waals surface area (Å²) < 4.78 is 46.1. The molecule has 0 bridgehead atoms. The third-order valence-corrected chi connectivity index (χ3v) is 0. The predicted molar refractivity (Wildman–Crippen MR) is 8.72 cm³/mol. The minimum Gasteiger partial charge on any atom is 3.00 e. The molecule has 0 fully saturated rings. The van der Waals surface area contributed by atoms with Gasteiger partial charge in [0.15, 0.2) is 0 Å².